The van der Waals surface area contributed by atoms with Crippen LogP contribution in [0.5, 0.6) is 0 Å². The van der Waals surface area contributed by atoms with Gasteiger partial charge in [-0.1, -0.05) is 6.92 Å². The van der Waals surface area contributed by atoms with Gasteiger partial charge < -0.3 is 14.8 Å². The summed E-state index contributed by atoms with van der Waals surface area (Å²) in [7, 11) is 0. The van der Waals surface area contributed by atoms with Crippen LogP contribution in [0.25, 0.3) is 10.2 Å². The van der Waals surface area contributed by atoms with Gasteiger partial charge in [-0.25, -0.2) is 4.98 Å². The molecule has 2 aromatic heterocycles. The Hall–Kier alpha value is -1.87. The quantitative estimate of drug-likeness (QED) is 0.780. The average Bonchev–Trinajstić information content (AvgIpc) is 3.12. The largest absolute Gasteiger partial charge is 0.339 e. The molecule has 0 aromatic carbocycles. The molecule has 2 aromatic rings. The Balaban J connectivity index is 1.33. The zero-order chi connectivity index (χ0) is 20.4. The van der Waals surface area contributed by atoms with Crippen LogP contribution in [-0.4, -0.2) is 63.5 Å². The molecule has 4 rings (SSSR count). The van der Waals surface area contributed by atoms with E-state index in [1.165, 1.54) is 28.6 Å². The summed E-state index contributed by atoms with van der Waals surface area (Å²) in [6, 6.07) is 0. The normalized spacial score (nSPS) is 16.9. The summed E-state index contributed by atoms with van der Waals surface area (Å²) in [4.78, 5) is 50.1. The van der Waals surface area contributed by atoms with E-state index in [1.54, 1.807) is 11.3 Å². The van der Waals surface area contributed by atoms with Crippen molar-refractivity contribution in [3.63, 3.8) is 0 Å². The number of H-pyrrole nitrogens is 1. The van der Waals surface area contributed by atoms with Gasteiger partial charge >= 0.3 is 0 Å². The number of aryl methyl sites for hydroxylation is 2. The molecular formula is C20H26N4O3S2. The minimum atomic E-state index is -0.0481. The van der Waals surface area contributed by atoms with Crippen molar-refractivity contribution in [3.05, 3.63) is 26.6 Å². The molecule has 0 spiro atoms. The van der Waals surface area contributed by atoms with Crippen molar-refractivity contribution in [1.29, 1.82) is 0 Å². The molecule has 1 aliphatic carbocycles. The van der Waals surface area contributed by atoms with Crippen molar-refractivity contribution in [2.75, 3.05) is 31.9 Å². The lowest BCUT2D eigenvalue weighted by atomic mass is 9.97. The highest BCUT2D eigenvalue weighted by Crippen LogP contribution is 2.33. The number of aromatic nitrogens is 2. The van der Waals surface area contributed by atoms with Gasteiger partial charge in [0.15, 0.2) is 0 Å². The molecule has 0 radical (unpaired) electrons. The lowest BCUT2D eigenvalue weighted by Gasteiger charge is -2.34. The summed E-state index contributed by atoms with van der Waals surface area (Å²) in [6.45, 7) is 4.26. The number of carbonyl (C=O) groups is 2. The third kappa shape index (κ3) is 4.35. The average molecular weight is 435 g/mol. The van der Waals surface area contributed by atoms with E-state index in [0.717, 1.165) is 29.5 Å². The number of aromatic amines is 1. The first-order valence-corrected chi connectivity index (χ1v) is 12.2. The molecule has 9 heteroatoms. The second-order valence-corrected chi connectivity index (χ2v) is 9.58. The molecule has 1 fully saturated rings. The van der Waals surface area contributed by atoms with Gasteiger partial charge in [-0.3, -0.25) is 14.4 Å². The van der Waals surface area contributed by atoms with Crippen LogP contribution in [0.15, 0.2) is 4.79 Å². The van der Waals surface area contributed by atoms with E-state index < -0.39 is 0 Å². The Morgan fingerprint density at radius 2 is 1.79 bits per heavy atom. The van der Waals surface area contributed by atoms with Gasteiger partial charge in [-0.05, 0) is 31.2 Å². The van der Waals surface area contributed by atoms with Gasteiger partial charge in [0.1, 0.15) is 10.7 Å². The number of hydrogen-bond acceptors (Lipinski definition) is 6. The maximum atomic E-state index is 12.6. The third-order valence-corrected chi connectivity index (χ3v) is 7.74. The predicted octanol–water partition coefficient (Wildman–Crippen LogP) is 2.18. The zero-order valence-electron chi connectivity index (χ0n) is 16.7. The Morgan fingerprint density at radius 1 is 1.10 bits per heavy atom. The Morgan fingerprint density at radius 3 is 2.52 bits per heavy atom. The summed E-state index contributed by atoms with van der Waals surface area (Å²) in [5.41, 5.74) is 1.15. The molecule has 0 atom stereocenters. The molecule has 2 aliphatic rings. The van der Waals surface area contributed by atoms with Gasteiger partial charge in [0, 0.05) is 37.5 Å². The highest BCUT2D eigenvalue weighted by atomic mass is 32.2. The summed E-state index contributed by atoms with van der Waals surface area (Å²) in [6.07, 6.45) is 4.85. The fraction of sp³-hybridized carbons (Fsp3) is 0.600. The maximum absolute atomic E-state index is 12.6. The number of thiophene rings is 1. The predicted molar refractivity (Wildman–Crippen MR) is 116 cm³/mol. The zero-order valence-corrected chi connectivity index (χ0v) is 18.3. The van der Waals surface area contributed by atoms with Crippen molar-refractivity contribution in [2.45, 2.75) is 44.8 Å². The van der Waals surface area contributed by atoms with Gasteiger partial charge in [0.2, 0.25) is 11.8 Å². The molecule has 3 heterocycles. The van der Waals surface area contributed by atoms with E-state index in [1.807, 2.05) is 16.7 Å². The molecule has 7 nitrogen and oxygen atoms in total. The van der Waals surface area contributed by atoms with Crippen LogP contribution < -0.4 is 5.56 Å². The molecule has 0 unspecified atom stereocenters. The van der Waals surface area contributed by atoms with Crippen molar-refractivity contribution in [1.82, 2.24) is 19.8 Å². The van der Waals surface area contributed by atoms with Crippen molar-refractivity contribution >= 4 is 45.1 Å². The Bertz CT molecular complexity index is 976. The number of piperazine rings is 1. The first-order chi connectivity index (χ1) is 14.1. The van der Waals surface area contributed by atoms with Crippen LogP contribution in [0.1, 0.15) is 42.5 Å². The lowest BCUT2D eigenvalue weighted by Crippen LogP contribution is -2.50. The lowest BCUT2D eigenvalue weighted by molar-refractivity contribution is -0.137. The molecule has 1 aliphatic heterocycles. The number of amides is 2. The minimum absolute atomic E-state index is 0.0481. The highest BCUT2D eigenvalue weighted by molar-refractivity contribution is 7.99. The molecule has 29 heavy (non-hydrogen) atoms. The van der Waals surface area contributed by atoms with Gasteiger partial charge in [-0.15, -0.1) is 23.1 Å². The van der Waals surface area contributed by atoms with E-state index in [4.69, 9.17) is 0 Å². The fourth-order valence-electron chi connectivity index (χ4n) is 4.03. The van der Waals surface area contributed by atoms with Crippen LogP contribution in [0.2, 0.25) is 0 Å². The van der Waals surface area contributed by atoms with Crippen LogP contribution >= 0.6 is 23.1 Å². The SMILES string of the molecule is CCC(=O)N1CCN(C(=O)CSCc2nc3sc4c(c3c(=O)[nH]2)CCCC4)CC1. The highest BCUT2D eigenvalue weighted by Gasteiger charge is 2.23. The van der Waals surface area contributed by atoms with E-state index in [-0.39, 0.29) is 17.4 Å². The van der Waals surface area contributed by atoms with Crippen LogP contribution in [0, 0.1) is 0 Å². The van der Waals surface area contributed by atoms with E-state index in [9.17, 15) is 14.4 Å². The molecule has 156 valence electrons. The second kappa shape index (κ2) is 8.87. The summed E-state index contributed by atoms with van der Waals surface area (Å²) in [5.74, 6) is 1.72. The smallest absolute Gasteiger partial charge is 0.259 e. The first kappa shape index (κ1) is 20.4. The van der Waals surface area contributed by atoms with Crippen molar-refractivity contribution in [2.24, 2.45) is 0 Å². The number of nitrogens with one attached hydrogen (secondary N) is 1. The number of carbonyl (C=O) groups excluding carboxylic acids is 2. The van der Waals surface area contributed by atoms with Crippen LogP contribution in [-0.2, 0) is 28.2 Å². The molecule has 1 N–H and O–H groups in total. The van der Waals surface area contributed by atoms with Crippen LogP contribution in [0.4, 0.5) is 0 Å². The van der Waals surface area contributed by atoms with E-state index >= 15 is 0 Å². The second-order valence-electron chi connectivity index (χ2n) is 7.51. The topological polar surface area (TPSA) is 86.4 Å². The van der Waals surface area contributed by atoms with Gasteiger partial charge in [-0.2, -0.15) is 0 Å². The number of thioether (sulfide) groups is 1. The summed E-state index contributed by atoms with van der Waals surface area (Å²) < 4.78 is 0. The summed E-state index contributed by atoms with van der Waals surface area (Å²) >= 11 is 3.12. The minimum Gasteiger partial charge on any atom is -0.339 e. The van der Waals surface area contributed by atoms with Crippen LogP contribution in [0.3, 0.4) is 0 Å². The van der Waals surface area contributed by atoms with Gasteiger partial charge in [0.05, 0.1) is 16.9 Å². The molecule has 2 amide bonds. The van der Waals surface area contributed by atoms with E-state index in [0.29, 0.717) is 49.9 Å². The molecule has 0 bridgehead atoms. The number of rotatable bonds is 5. The number of hydrogen-bond donors (Lipinski definition) is 1. The number of nitrogens with zero attached hydrogens (tertiary/aromatic N) is 3. The molecule has 0 saturated carbocycles. The third-order valence-electron chi connectivity index (χ3n) is 5.63. The number of fused-ring (bicyclic) bond motifs is 3. The Labute approximate surface area is 177 Å². The van der Waals surface area contributed by atoms with Gasteiger partial charge in [0.25, 0.3) is 5.56 Å². The summed E-state index contributed by atoms with van der Waals surface area (Å²) in [5, 5.41) is 0.772. The molecule has 1 saturated heterocycles. The standard InChI is InChI=1S/C20H26N4O3S2/c1-2-16(25)23-7-9-24(10-8-23)17(26)12-28-11-15-21-19(27)18-13-5-3-4-6-14(13)29-20(18)22-15/h2-12H2,1H3,(H,21,22,27). The van der Waals surface area contributed by atoms with E-state index in [2.05, 4.69) is 9.97 Å². The maximum Gasteiger partial charge on any atom is 0.259 e. The Kier molecular flexibility index (Phi) is 6.24. The van der Waals surface area contributed by atoms with Crippen molar-refractivity contribution in [3.8, 4) is 0 Å². The van der Waals surface area contributed by atoms with Crippen molar-refractivity contribution < 1.29 is 9.59 Å². The molecular weight excluding hydrogens is 408 g/mol. The monoisotopic (exact) mass is 434 g/mol. The first-order valence-electron chi connectivity index (χ1n) is 10.2. The fourth-order valence-corrected chi connectivity index (χ4v) is 6.10.